The first-order valence-corrected chi connectivity index (χ1v) is 6.90. The SMILES string of the molecule is COc1cc(Cl)cc(CNCC2(O)CCCC2)c1O. The topological polar surface area (TPSA) is 61.7 Å². The van der Waals surface area contributed by atoms with Crippen LogP contribution in [0, 0.1) is 0 Å². The third-order valence-electron chi connectivity index (χ3n) is 3.64. The van der Waals surface area contributed by atoms with Gasteiger partial charge in [-0.2, -0.15) is 0 Å². The van der Waals surface area contributed by atoms with E-state index in [0.717, 1.165) is 25.7 Å². The van der Waals surface area contributed by atoms with Crippen molar-refractivity contribution in [2.24, 2.45) is 0 Å². The number of halogens is 1. The number of phenols is 1. The Morgan fingerprint density at radius 2 is 2.05 bits per heavy atom. The molecule has 0 unspecified atom stereocenters. The van der Waals surface area contributed by atoms with Crippen molar-refractivity contribution in [3.05, 3.63) is 22.7 Å². The number of nitrogens with one attached hydrogen (secondary N) is 1. The Hall–Kier alpha value is -0.970. The van der Waals surface area contributed by atoms with Gasteiger partial charge in [-0.25, -0.2) is 0 Å². The lowest BCUT2D eigenvalue weighted by atomic mass is 10.0. The smallest absolute Gasteiger partial charge is 0.162 e. The van der Waals surface area contributed by atoms with Gasteiger partial charge in [-0.3, -0.25) is 0 Å². The van der Waals surface area contributed by atoms with Crippen LogP contribution in [-0.4, -0.2) is 29.5 Å². The van der Waals surface area contributed by atoms with Gasteiger partial charge in [0.15, 0.2) is 11.5 Å². The fourth-order valence-corrected chi connectivity index (χ4v) is 2.79. The van der Waals surface area contributed by atoms with Crippen LogP contribution in [0.1, 0.15) is 31.2 Å². The summed E-state index contributed by atoms with van der Waals surface area (Å²) in [6.45, 7) is 0.979. The van der Waals surface area contributed by atoms with Gasteiger partial charge in [0, 0.05) is 29.7 Å². The molecular weight excluding hydrogens is 266 g/mol. The van der Waals surface area contributed by atoms with Gasteiger partial charge in [0.25, 0.3) is 0 Å². The second-order valence-corrected chi connectivity index (χ2v) is 5.59. The molecule has 1 aromatic rings. The molecule has 0 bridgehead atoms. The molecule has 0 spiro atoms. The van der Waals surface area contributed by atoms with E-state index < -0.39 is 5.60 Å². The van der Waals surface area contributed by atoms with Crippen molar-refractivity contribution in [1.29, 1.82) is 0 Å². The minimum absolute atomic E-state index is 0.0952. The van der Waals surface area contributed by atoms with Crippen LogP contribution in [0.3, 0.4) is 0 Å². The minimum Gasteiger partial charge on any atom is -0.504 e. The molecule has 1 saturated carbocycles. The molecule has 19 heavy (non-hydrogen) atoms. The normalized spacial score (nSPS) is 17.6. The van der Waals surface area contributed by atoms with E-state index in [4.69, 9.17) is 16.3 Å². The fraction of sp³-hybridized carbons (Fsp3) is 0.571. The number of methoxy groups -OCH3 is 1. The van der Waals surface area contributed by atoms with Gasteiger partial charge in [-0.15, -0.1) is 0 Å². The van der Waals surface area contributed by atoms with Gasteiger partial charge in [-0.05, 0) is 18.9 Å². The minimum atomic E-state index is -0.599. The fourth-order valence-electron chi connectivity index (χ4n) is 2.56. The standard InChI is InChI=1S/C14H20ClNO3/c1-19-12-7-11(15)6-10(13(12)17)8-16-9-14(18)4-2-3-5-14/h6-7,16-18H,2-5,8-9H2,1H3. The van der Waals surface area contributed by atoms with E-state index in [0.29, 0.717) is 29.4 Å². The van der Waals surface area contributed by atoms with E-state index in [1.165, 1.54) is 7.11 Å². The van der Waals surface area contributed by atoms with E-state index >= 15 is 0 Å². The van der Waals surface area contributed by atoms with Gasteiger partial charge in [0.2, 0.25) is 0 Å². The molecule has 0 radical (unpaired) electrons. The van der Waals surface area contributed by atoms with Crippen LogP contribution in [0.25, 0.3) is 0 Å². The van der Waals surface area contributed by atoms with Crippen molar-refractivity contribution in [2.45, 2.75) is 37.8 Å². The molecule has 0 aromatic heterocycles. The number of phenolic OH excluding ortho intramolecular Hbond substituents is 1. The highest BCUT2D eigenvalue weighted by molar-refractivity contribution is 6.30. The molecule has 1 aliphatic carbocycles. The molecule has 4 nitrogen and oxygen atoms in total. The monoisotopic (exact) mass is 285 g/mol. The van der Waals surface area contributed by atoms with Crippen LogP contribution < -0.4 is 10.1 Å². The van der Waals surface area contributed by atoms with Crippen LogP contribution in [0.15, 0.2) is 12.1 Å². The largest absolute Gasteiger partial charge is 0.504 e. The molecule has 1 aliphatic rings. The molecule has 2 rings (SSSR count). The Bertz CT molecular complexity index is 445. The Kier molecular flexibility index (Phi) is 4.55. The second-order valence-electron chi connectivity index (χ2n) is 5.15. The van der Waals surface area contributed by atoms with Crippen molar-refractivity contribution in [3.63, 3.8) is 0 Å². The average molecular weight is 286 g/mol. The average Bonchev–Trinajstić information content (AvgIpc) is 2.80. The quantitative estimate of drug-likeness (QED) is 0.778. The molecular formula is C14H20ClNO3. The molecule has 1 fully saturated rings. The molecule has 106 valence electrons. The van der Waals surface area contributed by atoms with Crippen molar-refractivity contribution < 1.29 is 14.9 Å². The number of benzene rings is 1. The van der Waals surface area contributed by atoms with Crippen molar-refractivity contribution in [2.75, 3.05) is 13.7 Å². The zero-order chi connectivity index (χ0) is 13.9. The number of hydrogen-bond acceptors (Lipinski definition) is 4. The lowest BCUT2D eigenvalue weighted by Crippen LogP contribution is -2.37. The van der Waals surface area contributed by atoms with Crippen LogP contribution in [0.5, 0.6) is 11.5 Å². The van der Waals surface area contributed by atoms with E-state index in [9.17, 15) is 10.2 Å². The summed E-state index contributed by atoms with van der Waals surface area (Å²) in [7, 11) is 1.49. The Balaban J connectivity index is 1.97. The summed E-state index contributed by atoms with van der Waals surface area (Å²) in [5, 5.41) is 23.9. The van der Waals surface area contributed by atoms with Crippen molar-refractivity contribution in [1.82, 2.24) is 5.32 Å². The summed E-state index contributed by atoms with van der Waals surface area (Å²) in [6, 6.07) is 3.27. The summed E-state index contributed by atoms with van der Waals surface area (Å²) in [5.41, 5.74) is 0.0732. The first-order valence-electron chi connectivity index (χ1n) is 6.52. The predicted molar refractivity (Wildman–Crippen MR) is 74.8 cm³/mol. The number of rotatable bonds is 5. The van der Waals surface area contributed by atoms with Crippen molar-refractivity contribution in [3.8, 4) is 11.5 Å². The first-order chi connectivity index (χ1) is 9.04. The number of aromatic hydroxyl groups is 1. The lowest BCUT2D eigenvalue weighted by Gasteiger charge is -2.22. The summed E-state index contributed by atoms with van der Waals surface area (Å²) < 4.78 is 5.05. The third-order valence-corrected chi connectivity index (χ3v) is 3.86. The van der Waals surface area contributed by atoms with Gasteiger partial charge in [0.05, 0.1) is 12.7 Å². The maximum absolute atomic E-state index is 10.2. The van der Waals surface area contributed by atoms with E-state index in [1.807, 2.05) is 0 Å². The van der Waals surface area contributed by atoms with E-state index in [1.54, 1.807) is 12.1 Å². The van der Waals surface area contributed by atoms with Gasteiger partial charge >= 0.3 is 0 Å². The van der Waals surface area contributed by atoms with Crippen LogP contribution in [0.4, 0.5) is 0 Å². The maximum Gasteiger partial charge on any atom is 0.162 e. The Labute approximate surface area is 118 Å². The maximum atomic E-state index is 10.2. The Morgan fingerprint density at radius 3 is 2.68 bits per heavy atom. The third kappa shape index (κ3) is 3.53. The molecule has 3 N–H and O–H groups in total. The zero-order valence-electron chi connectivity index (χ0n) is 11.1. The van der Waals surface area contributed by atoms with Gasteiger partial charge < -0.3 is 20.3 Å². The summed E-state index contributed by atoms with van der Waals surface area (Å²) in [5.74, 6) is 0.460. The number of aliphatic hydroxyl groups is 1. The molecule has 5 heteroatoms. The van der Waals surface area contributed by atoms with Crippen molar-refractivity contribution >= 4 is 11.6 Å². The molecule has 0 heterocycles. The highest BCUT2D eigenvalue weighted by atomic mass is 35.5. The summed E-state index contributed by atoms with van der Waals surface area (Å²) >= 11 is 5.97. The van der Waals surface area contributed by atoms with E-state index in [-0.39, 0.29) is 5.75 Å². The predicted octanol–water partition coefficient (Wildman–Crippen LogP) is 2.45. The lowest BCUT2D eigenvalue weighted by molar-refractivity contribution is 0.0474. The van der Waals surface area contributed by atoms with Crippen LogP contribution >= 0.6 is 11.6 Å². The highest BCUT2D eigenvalue weighted by Crippen LogP contribution is 2.33. The zero-order valence-corrected chi connectivity index (χ0v) is 11.8. The second kappa shape index (κ2) is 5.99. The highest BCUT2D eigenvalue weighted by Gasteiger charge is 2.30. The van der Waals surface area contributed by atoms with E-state index in [2.05, 4.69) is 5.32 Å². The molecule has 0 atom stereocenters. The summed E-state index contributed by atoms with van der Waals surface area (Å²) in [4.78, 5) is 0. The Morgan fingerprint density at radius 1 is 1.37 bits per heavy atom. The van der Waals surface area contributed by atoms with Crippen LogP contribution in [-0.2, 0) is 6.54 Å². The first kappa shape index (κ1) is 14.4. The number of ether oxygens (including phenoxy) is 1. The summed E-state index contributed by atoms with van der Waals surface area (Å²) in [6.07, 6.45) is 3.83. The molecule has 0 aliphatic heterocycles. The van der Waals surface area contributed by atoms with Gasteiger partial charge in [-0.1, -0.05) is 24.4 Å². The van der Waals surface area contributed by atoms with Crippen LogP contribution in [0.2, 0.25) is 5.02 Å². The molecule has 0 amide bonds. The van der Waals surface area contributed by atoms with Gasteiger partial charge in [0.1, 0.15) is 0 Å². The number of hydrogen-bond donors (Lipinski definition) is 3. The molecule has 0 saturated heterocycles. The molecule has 1 aromatic carbocycles.